The van der Waals surface area contributed by atoms with Crippen molar-refractivity contribution in [3.63, 3.8) is 0 Å². The van der Waals surface area contributed by atoms with E-state index in [1.54, 1.807) is 4.68 Å². The highest BCUT2D eigenvalue weighted by Gasteiger charge is 2.21. The quantitative estimate of drug-likeness (QED) is 0.764. The molecule has 1 heterocycles. The van der Waals surface area contributed by atoms with Gasteiger partial charge < -0.3 is 5.11 Å². The molecule has 1 rings (SSSR count). The van der Waals surface area contributed by atoms with E-state index in [0.29, 0.717) is 18.9 Å². The fraction of sp³-hybridized carbons (Fsp3) is 0.833. The molecular weight excluding hydrogens is 232 g/mol. The Morgan fingerprint density at radius 2 is 2.17 bits per heavy atom. The summed E-state index contributed by atoms with van der Waals surface area (Å²) in [6.45, 7) is 6.51. The van der Waals surface area contributed by atoms with Gasteiger partial charge in [-0.2, -0.15) is 0 Å². The molecule has 102 valence electrons. The minimum atomic E-state index is -0.777. The van der Waals surface area contributed by atoms with Crippen LogP contribution >= 0.6 is 0 Å². The van der Waals surface area contributed by atoms with Gasteiger partial charge >= 0.3 is 5.97 Å². The summed E-state index contributed by atoms with van der Waals surface area (Å²) < 4.78 is 1.64. The van der Waals surface area contributed by atoms with Gasteiger partial charge in [-0.05, 0) is 29.2 Å². The number of rotatable bonds is 8. The van der Waals surface area contributed by atoms with E-state index in [1.165, 1.54) is 0 Å². The third kappa shape index (κ3) is 4.43. The first-order valence-electron chi connectivity index (χ1n) is 6.52. The SMILES string of the molecule is CCCCc1nnnn1CC(CC(C)C)C(=O)O. The molecule has 0 aliphatic heterocycles. The van der Waals surface area contributed by atoms with Gasteiger partial charge in [0.05, 0.1) is 12.5 Å². The Labute approximate surface area is 107 Å². The molecule has 0 spiro atoms. The molecule has 1 atom stereocenters. The van der Waals surface area contributed by atoms with Gasteiger partial charge in [0.2, 0.25) is 0 Å². The number of hydrogen-bond acceptors (Lipinski definition) is 4. The summed E-state index contributed by atoms with van der Waals surface area (Å²) >= 11 is 0. The van der Waals surface area contributed by atoms with E-state index in [2.05, 4.69) is 22.4 Å². The molecule has 0 radical (unpaired) electrons. The van der Waals surface area contributed by atoms with E-state index in [0.717, 1.165) is 25.1 Å². The number of nitrogens with zero attached hydrogens (tertiary/aromatic N) is 4. The average Bonchev–Trinajstić information content (AvgIpc) is 2.72. The summed E-state index contributed by atoms with van der Waals surface area (Å²) in [5, 5.41) is 20.7. The summed E-state index contributed by atoms with van der Waals surface area (Å²) in [7, 11) is 0. The van der Waals surface area contributed by atoms with Gasteiger partial charge in [0.15, 0.2) is 5.82 Å². The molecule has 0 fully saturated rings. The minimum Gasteiger partial charge on any atom is -0.481 e. The Morgan fingerprint density at radius 3 is 2.72 bits per heavy atom. The molecule has 0 aromatic carbocycles. The summed E-state index contributed by atoms with van der Waals surface area (Å²) in [6, 6.07) is 0. The largest absolute Gasteiger partial charge is 0.481 e. The lowest BCUT2D eigenvalue weighted by Crippen LogP contribution is -2.23. The number of tetrazole rings is 1. The number of aromatic nitrogens is 4. The third-order valence-electron chi connectivity index (χ3n) is 2.86. The molecule has 1 N–H and O–H groups in total. The van der Waals surface area contributed by atoms with E-state index in [9.17, 15) is 9.90 Å². The van der Waals surface area contributed by atoms with Crippen LogP contribution in [0, 0.1) is 11.8 Å². The van der Waals surface area contributed by atoms with E-state index in [-0.39, 0.29) is 0 Å². The van der Waals surface area contributed by atoms with Crippen LogP contribution in [0.4, 0.5) is 0 Å². The van der Waals surface area contributed by atoms with Crippen LogP contribution in [0.3, 0.4) is 0 Å². The zero-order valence-corrected chi connectivity index (χ0v) is 11.3. The minimum absolute atomic E-state index is 0.349. The van der Waals surface area contributed by atoms with Gasteiger partial charge in [-0.3, -0.25) is 4.79 Å². The smallest absolute Gasteiger partial charge is 0.308 e. The van der Waals surface area contributed by atoms with Crippen molar-refractivity contribution >= 4 is 5.97 Å². The van der Waals surface area contributed by atoms with Crippen LogP contribution in [0.15, 0.2) is 0 Å². The summed E-state index contributed by atoms with van der Waals surface area (Å²) in [5.74, 6) is -0.0666. The molecule has 0 saturated carbocycles. The van der Waals surface area contributed by atoms with Crippen molar-refractivity contribution in [2.75, 3.05) is 0 Å². The van der Waals surface area contributed by atoms with Gasteiger partial charge in [0.1, 0.15) is 0 Å². The predicted octanol–water partition coefficient (Wildman–Crippen LogP) is 1.76. The van der Waals surface area contributed by atoms with Crippen molar-refractivity contribution in [2.24, 2.45) is 11.8 Å². The Bertz CT molecular complexity index is 376. The van der Waals surface area contributed by atoms with E-state index >= 15 is 0 Å². The van der Waals surface area contributed by atoms with Gasteiger partial charge in [0, 0.05) is 6.42 Å². The third-order valence-corrected chi connectivity index (χ3v) is 2.86. The number of aryl methyl sites for hydroxylation is 1. The number of unbranched alkanes of at least 4 members (excludes halogenated alkanes) is 1. The number of hydrogen-bond donors (Lipinski definition) is 1. The van der Waals surface area contributed by atoms with Crippen LogP contribution in [0.25, 0.3) is 0 Å². The van der Waals surface area contributed by atoms with Crippen LogP contribution in [0.5, 0.6) is 0 Å². The molecule has 1 unspecified atom stereocenters. The first-order chi connectivity index (χ1) is 8.54. The topological polar surface area (TPSA) is 80.9 Å². The van der Waals surface area contributed by atoms with Crippen molar-refractivity contribution in [3.05, 3.63) is 5.82 Å². The second kappa shape index (κ2) is 7.08. The number of carboxylic acids is 1. The fourth-order valence-corrected chi connectivity index (χ4v) is 1.91. The normalized spacial score (nSPS) is 12.9. The van der Waals surface area contributed by atoms with Gasteiger partial charge in [0.25, 0.3) is 0 Å². The van der Waals surface area contributed by atoms with Crippen molar-refractivity contribution < 1.29 is 9.90 Å². The molecule has 6 heteroatoms. The molecule has 1 aromatic rings. The van der Waals surface area contributed by atoms with Crippen LogP contribution in [-0.4, -0.2) is 31.3 Å². The van der Waals surface area contributed by atoms with Gasteiger partial charge in [-0.15, -0.1) is 5.10 Å². The van der Waals surface area contributed by atoms with E-state index in [1.807, 2.05) is 13.8 Å². The molecule has 0 amide bonds. The van der Waals surface area contributed by atoms with E-state index in [4.69, 9.17) is 0 Å². The Hall–Kier alpha value is -1.46. The lowest BCUT2D eigenvalue weighted by Gasteiger charge is -2.15. The predicted molar refractivity (Wildman–Crippen MR) is 67.0 cm³/mol. The molecule has 0 bridgehead atoms. The Morgan fingerprint density at radius 1 is 1.44 bits per heavy atom. The van der Waals surface area contributed by atoms with E-state index < -0.39 is 11.9 Å². The highest BCUT2D eigenvalue weighted by Crippen LogP contribution is 2.15. The van der Waals surface area contributed by atoms with Crippen LogP contribution < -0.4 is 0 Å². The zero-order valence-electron chi connectivity index (χ0n) is 11.3. The van der Waals surface area contributed by atoms with Crippen LogP contribution in [0.1, 0.15) is 45.9 Å². The second-order valence-electron chi connectivity index (χ2n) is 5.05. The van der Waals surface area contributed by atoms with Crippen molar-refractivity contribution in [1.82, 2.24) is 20.2 Å². The molecule has 0 aliphatic rings. The first kappa shape index (κ1) is 14.6. The maximum absolute atomic E-state index is 11.2. The number of aliphatic carboxylic acids is 1. The van der Waals surface area contributed by atoms with Crippen molar-refractivity contribution in [1.29, 1.82) is 0 Å². The monoisotopic (exact) mass is 254 g/mol. The fourth-order valence-electron chi connectivity index (χ4n) is 1.91. The molecular formula is C12H22N4O2. The lowest BCUT2D eigenvalue weighted by atomic mass is 9.97. The molecule has 1 aromatic heterocycles. The van der Waals surface area contributed by atoms with Gasteiger partial charge in [-0.1, -0.05) is 27.2 Å². The Kier molecular flexibility index (Phi) is 5.74. The van der Waals surface area contributed by atoms with Crippen molar-refractivity contribution in [2.45, 2.75) is 53.0 Å². The standard InChI is InChI=1S/C12H22N4O2/c1-4-5-6-11-13-14-15-16(11)8-10(12(17)18)7-9(2)3/h9-10H,4-8H2,1-3H3,(H,17,18). The maximum Gasteiger partial charge on any atom is 0.308 e. The van der Waals surface area contributed by atoms with Crippen LogP contribution in [0.2, 0.25) is 0 Å². The summed E-state index contributed by atoms with van der Waals surface area (Å²) in [4.78, 5) is 11.2. The van der Waals surface area contributed by atoms with Gasteiger partial charge in [-0.25, -0.2) is 4.68 Å². The van der Waals surface area contributed by atoms with Crippen molar-refractivity contribution in [3.8, 4) is 0 Å². The molecule has 6 nitrogen and oxygen atoms in total. The molecule has 0 aliphatic carbocycles. The highest BCUT2D eigenvalue weighted by atomic mass is 16.4. The maximum atomic E-state index is 11.2. The lowest BCUT2D eigenvalue weighted by molar-refractivity contribution is -0.142. The molecule has 0 saturated heterocycles. The second-order valence-corrected chi connectivity index (χ2v) is 5.05. The Balaban J connectivity index is 2.68. The summed E-state index contributed by atoms with van der Waals surface area (Å²) in [6.07, 6.45) is 3.53. The first-order valence-corrected chi connectivity index (χ1v) is 6.52. The number of carboxylic acid groups (broad SMARTS) is 1. The highest BCUT2D eigenvalue weighted by molar-refractivity contribution is 5.69. The summed E-state index contributed by atoms with van der Waals surface area (Å²) in [5.41, 5.74) is 0. The zero-order chi connectivity index (χ0) is 13.5. The van der Waals surface area contributed by atoms with Crippen LogP contribution in [-0.2, 0) is 17.8 Å². The number of carbonyl (C=O) groups is 1. The average molecular weight is 254 g/mol. The molecule has 18 heavy (non-hydrogen) atoms.